The van der Waals surface area contributed by atoms with Gasteiger partial charge in [0.2, 0.25) is 0 Å². The van der Waals surface area contributed by atoms with Crippen molar-refractivity contribution in [2.45, 2.75) is 26.2 Å². The maximum atomic E-state index is 10.2. The van der Waals surface area contributed by atoms with E-state index in [1.54, 1.807) is 13.2 Å². The smallest absolute Gasteiger partial charge is 0.161 e. The fraction of sp³-hybridized carbons (Fsp3) is 0.333. The van der Waals surface area contributed by atoms with Crippen LogP contribution >= 0.6 is 0 Å². The maximum absolute atomic E-state index is 10.2. The van der Waals surface area contributed by atoms with Gasteiger partial charge in [-0.3, -0.25) is 0 Å². The van der Waals surface area contributed by atoms with Crippen molar-refractivity contribution in [2.24, 2.45) is 0 Å². The minimum atomic E-state index is 0.128. The quantitative estimate of drug-likeness (QED) is 0.858. The number of phenolic OH excluding ortho intramolecular Hbond substituents is 2. The van der Waals surface area contributed by atoms with Crippen LogP contribution in [0.5, 0.6) is 23.0 Å². The molecule has 0 amide bonds. The summed E-state index contributed by atoms with van der Waals surface area (Å²) in [6, 6.07) is 9.16. The van der Waals surface area contributed by atoms with Crippen molar-refractivity contribution < 1.29 is 19.7 Å². The van der Waals surface area contributed by atoms with Crippen molar-refractivity contribution in [1.29, 1.82) is 0 Å². The molecule has 4 nitrogen and oxygen atoms in total. The molecule has 0 saturated carbocycles. The highest BCUT2D eigenvalue weighted by Gasteiger charge is 2.11. The first-order valence-electron chi connectivity index (χ1n) is 7.33. The Kier molecular flexibility index (Phi) is 5.15. The molecule has 0 aliphatic rings. The second kappa shape index (κ2) is 7.07. The summed E-state index contributed by atoms with van der Waals surface area (Å²) < 4.78 is 10.3. The number of hydrogen-bond acceptors (Lipinski definition) is 4. The molecule has 4 heteroatoms. The van der Waals surface area contributed by atoms with Crippen LogP contribution in [0.1, 0.15) is 23.6 Å². The molecular weight excluding hydrogens is 280 g/mol. The van der Waals surface area contributed by atoms with Crippen LogP contribution in [-0.4, -0.2) is 24.4 Å². The number of aryl methyl sites for hydroxylation is 3. The Morgan fingerprint density at radius 3 is 2.18 bits per heavy atom. The Balaban J connectivity index is 2.21. The first-order chi connectivity index (χ1) is 10.6. The van der Waals surface area contributed by atoms with Gasteiger partial charge in [0.25, 0.3) is 0 Å². The lowest BCUT2D eigenvalue weighted by atomic mass is 10.00. The average Bonchev–Trinajstić information content (AvgIpc) is 2.55. The van der Waals surface area contributed by atoms with Crippen LogP contribution in [0.15, 0.2) is 30.3 Å². The van der Waals surface area contributed by atoms with Gasteiger partial charge in [-0.1, -0.05) is 19.1 Å². The summed E-state index contributed by atoms with van der Waals surface area (Å²) in [7, 11) is 3.09. The number of hydrogen-bond donors (Lipinski definition) is 2. The van der Waals surface area contributed by atoms with Crippen LogP contribution in [0.2, 0.25) is 0 Å². The second-order valence-electron chi connectivity index (χ2n) is 5.17. The predicted molar refractivity (Wildman–Crippen MR) is 86.1 cm³/mol. The lowest BCUT2D eigenvalue weighted by Gasteiger charge is -2.12. The summed E-state index contributed by atoms with van der Waals surface area (Å²) in [6.07, 6.45) is 2.31. The average molecular weight is 302 g/mol. The molecule has 0 aromatic heterocycles. The van der Waals surface area contributed by atoms with Gasteiger partial charge in [-0.05, 0) is 54.2 Å². The summed E-state index contributed by atoms with van der Waals surface area (Å²) >= 11 is 0. The number of benzene rings is 2. The zero-order valence-electron chi connectivity index (χ0n) is 13.2. The van der Waals surface area contributed by atoms with Gasteiger partial charge >= 0.3 is 0 Å². The van der Waals surface area contributed by atoms with Gasteiger partial charge in [-0.2, -0.15) is 0 Å². The Morgan fingerprint density at radius 1 is 0.864 bits per heavy atom. The third kappa shape index (κ3) is 3.45. The molecule has 0 heterocycles. The van der Waals surface area contributed by atoms with E-state index in [4.69, 9.17) is 9.47 Å². The normalized spacial score (nSPS) is 10.5. The Bertz CT molecular complexity index is 650. The molecule has 0 aliphatic heterocycles. The number of methoxy groups -OCH3 is 2. The maximum Gasteiger partial charge on any atom is 0.161 e. The van der Waals surface area contributed by atoms with Gasteiger partial charge in [0, 0.05) is 0 Å². The lowest BCUT2D eigenvalue weighted by Crippen LogP contribution is -1.97. The summed E-state index contributed by atoms with van der Waals surface area (Å²) in [6.45, 7) is 2.07. The first kappa shape index (κ1) is 16.0. The Hall–Kier alpha value is -2.36. The van der Waals surface area contributed by atoms with Crippen LogP contribution in [0.25, 0.3) is 0 Å². The van der Waals surface area contributed by atoms with Gasteiger partial charge in [-0.15, -0.1) is 0 Å². The third-order valence-corrected chi connectivity index (χ3v) is 3.77. The van der Waals surface area contributed by atoms with Gasteiger partial charge in [-0.25, -0.2) is 0 Å². The van der Waals surface area contributed by atoms with Crippen LogP contribution in [0.3, 0.4) is 0 Å². The zero-order chi connectivity index (χ0) is 16.1. The van der Waals surface area contributed by atoms with E-state index in [0.29, 0.717) is 17.9 Å². The van der Waals surface area contributed by atoms with Crippen molar-refractivity contribution in [1.82, 2.24) is 0 Å². The van der Waals surface area contributed by atoms with Gasteiger partial charge in [0.1, 0.15) is 0 Å². The molecular formula is C18H22O4. The molecule has 0 aliphatic carbocycles. The first-order valence-corrected chi connectivity index (χ1v) is 7.33. The van der Waals surface area contributed by atoms with Crippen molar-refractivity contribution in [2.75, 3.05) is 14.2 Å². The predicted octanol–water partition coefficient (Wildman–Crippen LogP) is 3.46. The van der Waals surface area contributed by atoms with E-state index in [9.17, 15) is 10.2 Å². The van der Waals surface area contributed by atoms with E-state index in [0.717, 1.165) is 29.5 Å². The largest absolute Gasteiger partial charge is 0.504 e. The Morgan fingerprint density at radius 2 is 1.55 bits per heavy atom. The molecule has 0 atom stereocenters. The molecule has 0 bridgehead atoms. The molecule has 2 aromatic carbocycles. The second-order valence-corrected chi connectivity index (χ2v) is 5.17. The van der Waals surface area contributed by atoms with Gasteiger partial charge in [0.05, 0.1) is 14.2 Å². The van der Waals surface area contributed by atoms with E-state index in [2.05, 4.69) is 6.92 Å². The summed E-state index contributed by atoms with van der Waals surface area (Å²) in [5, 5.41) is 19.9. The van der Waals surface area contributed by atoms with Crippen LogP contribution < -0.4 is 9.47 Å². The highest BCUT2D eigenvalue weighted by molar-refractivity contribution is 5.49. The molecule has 0 fully saturated rings. The fourth-order valence-corrected chi connectivity index (χ4v) is 2.44. The molecule has 0 radical (unpaired) electrons. The van der Waals surface area contributed by atoms with E-state index < -0.39 is 0 Å². The van der Waals surface area contributed by atoms with E-state index >= 15 is 0 Å². The van der Waals surface area contributed by atoms with Crippen molar-refractivity contribution in [3.05, 3.63) is 47.0 Å². The standard InChI is InChI=1S/C18H22O4/c1-4-12-9-14(18(20)17(10-12)22-3)7-5-13-6-8-15(19)16(11-13)21-2/h6,8-11,19-20H,4-5,7H2,1-3H3. The van der Waals surface area contributed by atoms with Gasteiger partial charge < -0.3 is 19.7 Å². The minimum Gasteiger partial charge on any atom is -0.504 e. The van der Waals surface area contributed by atoms with Crippen molar-refractivity contribution >= 4 is 0 Å². The van der Waals surface area contributed by atoms with E-state index in [1.807, 2.05) is 24.3 Å². The third-order valence-electron chi connectivity index (χ3n) is 3.77. The van der Waals surface area contributed by atoms with Crippen LogP contribution in [-0.2, 0) is 19.3 Å². The monoisotopic (exact) mass is 302 g/mol. The molecule has 2 N–H and O–H groups in total. The minimum absolute atomic E-state index is 0.128. The molecule has 0 unspecified atom stereocenters. The molecule has 0 spiro atoms. The fourth-order valence-electron chi connectivity index (χ4n) is 2.44. The molecule has 118 valence electrons. The number of ether oxygens (including phenoxy) is 2. The van der Waals surface area contributed by atoms with Crippen molar-refractivity contribution in [3.8, 4) is 23.0 Å². The summed E-state index contributed by atoms with van der Waals surface area (Å²) in [5.74, 6) is 1.30. The van der Waals surface area contributed by atoms with Crippen LogP contribution in [0.4, 0.5) is 0 Å². The van der Waals surface area contributed by atoms with Crippen LogP contribution in [0, 0.1) is 0 Å². The lowest BCUT2D eigenvalue weighted by molar-refractivity contribution is 0.369. The molecule has 2 aromatic rings. The summed E-state index contributed by atoms with van der Waals surface area (Å²) in [5.41, 5.74) is 3.03. The topological polar surface area (TPSA) is 58.9 Å². The highest BCUT2D eigenvalue weighted by Crippen LogP contribution is 2.33. The Labute approximate surface area is 130 Å². The van der Waals surface area contributed by atoms with Crippen molar-refractivity contribution in [3.63, 3.8) is 0 Å². The van der Waals surface area contributed by atoms with E-state index in [1.165, 1.54) is 7.11 Å². The zero-order valence-corrected chi connectivity index (χ0v) is 13.2. The SMILES string of the molecule is CCc1cc(CCc2ccc(O)c(OC)c2)c(O)c(OC)c1. The number of rotatable bonds is 6. The number of aromatic hydroxyl groups is 2. The summed E-state index contributed by atoms with van der Waals surface area (Å²) in [4.78, 5) is 0. The van der Waals surface area contributed by atoms with Gasteiger partial charge in [0.15, 0.2) is 23.0 Å². The molecule has 2 rings (SSSR count). The highest BCUT2D eigenvalue weighted by atomic mass is 16.5. The van der Waals surface area contributed by atoms with E-state index in [-0.39, 0.29) is 11.5 Å². The molecule has 22 heavy (non-hydrogen) atoms. The molecule has 0 saturated heterocycles. The number of phenols is 2.